The summed E-state index contributed by atoms with van der Waals surface area (Å²) < 4.78 is 16.4. The van der Waals surface area contributed by atoms with Crippen LogP contribution in [0.25, 0.3) is 34.0 Å². The molecule has 0 unspecified atom stereocenters. The highest BCUT2D eigenvalue weighted by Gasteiger charge is 2.10. The Morgan fingerprint density at radius 1 is 0.794 bits per heavy atom. The fourth-order valence-corrected chi connectivity index (χ4v) is 3.92. The van der Waals surface area contributed by atoms with Gasteiger partial charge in [-0.2, -0.15) is 0 Å². The molecule has 0 aliphatic heterocycles. The van der Waals surface area contributed by atoms with Gasteiger partial charge < -0.3 is 24.5 Å². The molecule has 0 bridgehead atoms. The summed E-state index contributed by atoms with van der Waals surface area (Å²) in [5.41, 5.74) is 4.71. The fraction of sp³-hybridized carbons (Fsp3) is 0.111. The maximum absolute atomic E-state index is 5.64. The fourth-order valence-electron chi connectivity index (χ4n) is 3.92. The molecule has 7 heteroatoms. The van der Waals surface area contributed by atoms with Gasteiger partial charge in [0.2, 0.25) is 0 Å². The number of benzene rings is 3. The first-order valence-electron chi connectivity index (χ1n) is 10.8. The van der Waals surface area contributed by atoms with E-state index in [1.54, 1.807) is 27.7 Å². The largest absolute Gasteiger partial charge is 0.496 e. The summed E-state index contributed by atoms with van der Waals surface area (Å²) >= 11 is 0. The van der Waals surface area contributed by atoms with E-state index in [4.69, 9.17) is 14.2 Å². The Kier molecular flexibility index (Phi) is 5.74. The Labute approximate surface area is 197 Å². The molecule has 0 aliphatic rings. The molecule has 170 valence electrons. The number of fused-ring (bicyclic) bond motifs is 2. The van der Waals surface area contributed by atoms with Crippen LogP contribution in [-0.4, -0.2) is 36.3 Å². The lowest BCUT2D eigenvalue weighted by atomic mass is 10.1. The molecule has 0 atom stereocenters. The Balaban J connectivity index is 1.52. The van der Waals surface area contributed by atoms with Crippen LogP contribution < -0.4 is 19.5 Å². The summed E-state index contributed by atoms with van der Waals surface area (Å²) in [7, 11) is 4.90. The van der Waals surface area contributed by atoms with E-state index in [0.29, 0.717) is 11.5 Å². The number of nitrogens with zero attached hydrogens (tertiary/aromatic N) is 2. The van der Waals surface area contributed by atoms with Crippen molar-refractivity contribution in [1.29, 1.82) is 0 Å². The molecule has 3 aromatic carbocycles. The number of anilines is 2. The first-order chi connectivity index (χ1) is 16.7. The summed E-state index contributed by atoms with van der Waals surface area (Å²) in [5, 5.41) is 5.46. The molecular weight excluding hydrogens is 428 g/mol. The molecule has 2 heterocycles. The molecule has 0 fully saturated rings. The lowest BCUT2D eigenvalue weighted by molar-refractivity contribution is 0.355. The molecule has 5 aromatic rings. The van der Waals surface area contributed by atoms with Gasteiger partial charge >= 0.3 is 0 Å². The van der Waals surface area contributed by atoms with Gasteiger partial charge in [0.05, 0.1) is 26.8 Å². The second-order valence-corrected chi connectivity index (χ2v) is 7.69. The predicted octanol–water partition coefficient (Wildman–Crippen LogP) is 6.05. The minimum absolute atomic E-state index is 0.675. The van der Waals surface area contributed by atoms with Gasteiger partial charge in [-0.1, -0.05) is 18.2 Å². The van der Waals surface area contributed by atoms with Crippen LogP contribution in [0.3, 0.4) is 0 Å². The van der Waals surface area contributed by atoms with E-state index in [9.17, 15) is 0 Å². The van der Waals surface area contributed by atoms with E-state index >= 15 is 0 Å². The average Bonchev–Trinajstić information content (AvgIpc) is 3.35. The smallest absolute Gasteiger partial charge is 0.161 e. The van der Waals surface area contributed by atoms with Gasteiger partial charge in [-0.3, -0.25) is 0 Å². The molecule has 2 N–H and O–H groups in total. The van der Waals surface area contributed by atoms with Gasteiger partial charge in [0.1, 0.15) is 17.9 Å². The first-order valence-corrected chi connectivity index (χ1v) is 10.8. The van der Waals surface area contributed by atoms with Crippen LogP contribution in [0, 0.1) is 0 Å². The molecular formula is C27H24N4O3. The van der Waals surface area contributed by atoms with Crippen molar-refractivity contribution in [1.82, 2.24) is 15.0 Å². The molecule has 5 rings (SSSR count). The summed E-state index contributed by atoms with van der Waals surface area (Å²) in [6, 6.07) is 17.9. The van der Waals surface area contributed by atoms with Gasteiger partial charge in [0, 0.05) is 39.8 Å². The first kappa shape index (κ1) is 21.3. The summed E-state index contributed by atoms with van der Waals surface area (Å²) in [6.07, 6.45) is 7.49. The normalized spacial score (nSPS) is 11.3. The van der Waals surface area contributed by atoms with Crippen molar-refractivity contribution in [2.75, 3.05) is 26.6 Å². The Hall–Kier alpha value is -4.52. The standard InChI is InChI=1S/C27H24N4O3/c1-32-24-9-5-17(12-26(24)34-3)4-6-19-14-21-23(15-25(19)33-2)29-16-30-27(21)31-20-7-8-22-18(13-20)10-11-28-22/h4-16,28H,1-3H3,(H,29,30,31)/b6-4+. The highest BCUT2D eigenvalue weighted by molar-refractivity contribution is 5.95. The number of aromatic amines is 1. The minimum Gasteiger partial charge on any atom is -0.496 e. The minimum atomic E-state index is 0.675. The third-order valence-electron chi connectivity index (χ3n) is 5.67. The highest BCUT2D eigenvalue weighted by atomic mass is 16.5. The van der Waals surface area contributed by atoms with Crippen LogP contribution in [0.4, 0.5) is 11.5 Å². The van der Waals surface area contributed by atoms with Crippen LogP contribution in [0.5, 0.6) is 17.2 Å². The summed E-state index contributed by atoms with van der Waals surface area (Å²) in [5.74, 6) is 2.81. The van der Waals surface area contributed by atoms with Crippen LogP contribution >= 0.6 is 0 Å². The number of aromatic nitrogens is 3. The second-order valence-electron chi connectivity index (χ2n) is 7.69. The van der Waals surface area contributed by atoms with E-state index < -0.39 is 0 Å². The van der Waals surface area contributed by atoms with Gasteiger partial charge in [-0.15, -0.1) is 0 Å². The zero-order valence-electron chi connectivity index (χ0n) is 19.1. The number of methoxy groups -OCH3 is 3. The molecule has 0 aliphatic carbocycles. The highest BCUT2D eigenvalue weighted by Crippen LogP contribution is 2.32. The van der Waals surface area contributed by atoms with Crippen molar-refractivity contribution >= 4 is 45.5 Å². The number of nitrogens with one attached hydrogen (secondary N) is 2. The number of H-pyrrole nitrogens is 1. The SMILES string of the molecule is COc1cc2ncnc(Nc3ccc4[nH]ccc4c3)c2cc1/C=C/c1ccc(OC)c(OC)c1. The molecule has 0 saturated heterocycles. The second kappa shape index (κ2) is 9.15. The Morgan fingerprint density at radius 2 is 1.65 bits per heavy atom. The summed E-state index contributed by atoms with van der Waals surface area (Å²) in [6.45, 7) is 0. The van der Waals surface area contributed by atoms with Crippen molar-refractivity contribution < 1.29 is 14.2 Å². The van der Waals surface area contributed by atoms with Crippen molar-refractivity contribution in [3.63, 3.8) is 0 Å². The van der Waals surface area contributed by atoms with Crippen molar-refractivity contribution in [3.8, 4) is 17.2 Å². The number of ether oxygens (including phenoxy) is 3. The van der Waals surface area contributed by atoms with Crippen LogP contribution in [0.2, 0.25) is 0 Å². The number of rotatable bonds is 7. The van der Waals surface area contributed by atoms with Gasteiger partial charge in [0.25, 0.3) is 0 Å². The number of hydrogen-bond donors (Lipinski definition) is 2. The molecule has 34 heavy (non-hydrogen) atoms. The Bertz CT molecular complexity index is 1510. The molecule has 0 radical (unpaired) electrons. The maximum Gasteiger partial charge on any atom is 0.161 e. The topological polar surface area (TPSA) is 81.3 Å². The van der Waals surface area contributed by atoms with E-state index in [-0.39, 0.29) is 0 Å². The third kappa shape index (κ3) is 4.11. The van der Waals surface area contributed by atoms with E-state index in [1.165, 1.54) is 0 Å². The van der Waals surface area contributed by atoms with Crippen LogP contribution in [-0.2, 0) is 0 Å². The van der Waals surface area contributed by atoms with Gasteiger partial charge in [-0.05, 0) is 48.0 Å². The monoisotopic (exact) mass is 452 g/mol. The van der Waals surface area contributed by atoms with Crippen molar-refractivity contribution in [3.05, 3.63) is 78.2 Å². The molecule has 0 saturated carbocycles. The lowest BCUT2D eigenvalue weighted by Crippen LogP contribution is -1.97. The average molecular weight is 453 g/mol. The molecule has 0 spiro atoms. The zero-order valence-corrected chi connectivity index (χ0v) is 19.1. The van der Waals surface area contributed by atoms with E-state index in [0.717, 1.165) is 50.2 Å². The summed E-state index contributed by atoms with van der Waals surface area (Å²) in [4.78, 5) is 12.2. The molecule has 2 aromatic heterocycles. The zero-order chi connectivity index (χ0) is 23.5. The van der Waals surface area contributed by atoms with E-state index in [2.05, 4.69) is 26.3 Å². The van der Waals surface area contributed by atoms with Crippen molar-refractivity contribution in [2.45, 2.75) is 0 Å². The quantitative estimate of drug-likeness (QED) is 0.293. The van der Waals surface area contributed by atoms with E-state index in [1.807, 2.05) is 66.9 Å². The predicted molar refractivity (Wildman–Crippen MR) is 136 cm³/mol. The number of hydrogen-bond acceptors (Lipinski definition) is 6. The van der Waals surface area contributed by atoms with Crippen LogP contribution in [0.1, 0.15) is 11.1 Å². The Morgan fingerprint density at radius 3 is 2.47 bits per heavy atom. The third-order valence-corrected chi connectivity index (χ3v) is 5.67. The van der Waals surface area contributed by atoms with Gasteiger partial charge in [0.15, 0.2) is 11.5 Å². The van der Waals surface area contributed by atoms with Gasteiger partial charge in [-0.25, -0.2) is 9.97 Å². The maximum atomic E-state index is 5.64. The van der Waals surface area contributed by atoms with Crippen molar-refractivity contribution in [2.24, 2.45) is 0 Å². The van der Waals surface area contributed by atoms with Crippen LogP contribution in [0.15, 0.2) is 67.1 Å². The lowest BCUT2D eigenvalue weighted by Gasteiger charge is -2.12. The molecule has 0 amide bonds. The molecule has 7 nitrogen and oxygen atoms in total.